The van der Waals surface area contributed by atoms with Gasteiger partial charge in [-0.25, -0.2) is 14.6 Å². The lowest BCUT2D eigenvalue weighted by Gasteiger charge is -2.21. The van der Waals surface area contributed by atoms with Gasteiger partial charge in [0.15, 0.2) is 0 Å². The van der Waals surface area contributed by atoms with Crippen molar-refractivity contribution in [2.75, 3.05) is 12.4 Å². The number of rotatable bonds is 4. The fraction of sp³-hybridized carbons (Fsp3) is 0.364. The SMILES string of the molecule is COc1ccc(NC(=O)NC(C)(C)C(=O)O)cn1. The molecule has 0 atom stereocenters. The number of methoxy groups -OCH3 is 1. The third-order valence-electron chi connectivity index (χ3n) is 2.16. The predicted molar refractivity (Wildman–Crippen MR) is 64.7 cm³/mol. The number of nitrogens with one attached hydrogen (secondary N) is 2. The number of hydrogen-bond acceptors (Lipinski definition) is 4. The van der Waals surface area contributed by atoms with E-state index in [1.165, 1.54) is 27.2 Å². The van der Waals surface area contributed by atoms with Gasteiger partial charge < -0.3 is 20.5 Å². The van der Waals surface area contributed by atoms with E-state index in [9.17, 15) is 9.59 Å². The van der Waals surface area contributed by atoms with Crippen LogP contribution in [0, 0.1) is 0 Å². The van der Waals surface area contributed by atoms with Gasteiger partial charge in [0.2, 0.25) is 5.88 Å². The summed E-state index contributed by atoms with van der Waals surface area (Å²) in [6.45, 7) is 2.78. The van der Waals surface area contributed by atoms with Gasteiger partial charge in [-0.3, -0.25) is 0 Å². The molecule has 0 aliphatic heterocycles. The standard InChI is InChI=1S/C11H15N3O4/c1-11(2,9(15)16)14-10(17)13-7-4-5-8(18-3)12-6-7/h4-6H,1-3H3,(H,15,16)(H2,13,14,17). The monoisotopic (exact) mass is 253 g/mol. The number of aliphatic carboxylic acids is 1. The van der Waals surface area contributed by atoms with Crippen molar-refractivity contribution in [2.45, 2.75) is 19.4 Å². The van der Waals surface area contributed by atoms with E-state index < -0.39 is 17.5 Å². The summed E-state index contributed by atoms with van der Waals surface area (Å²) in [6, 6.07) is 2.56. The second-order valence-electron chi connectivity index (χ2n) is 4.10. The van der Waals surface area contributed by atoms with Crippen LogP contribution in [0.2, 0.25) is 0 Å². The second-order valence-corrected chi connectivity index (χ2v) is 4.10. The molecule has 18 heavy (non-hydrogen) atoms. The first-order valence-corrected chi connectivity index (χ1v) is 5.18. The molecule has 0 saturated heterocycles. The minimum absolute atomic E-state index is 0.423. The quantitative estimate of drug-likeness (QED) is 0.745. The number of nitrogens with zero attached hydrogens (tertiary/aromatic N) is 1. The van der Waals surface area contributed by atoms with Crippen LogP contribution in [0.15, 0.2) is 18.3 Å². The van der Waals surface area contributed by atoms with Crippen LogP contribution in [0.4, 0.5) is 10.5 Å². The van der Waals surface area contributed by atoms with Crippen LogP contribution in [0.3, 0.4) is 0 Å². The molecule has 0 spiro atoms. The van der Waals surface area contributed by atoms with Gasteiger partial charge in [-0.1, -0.05) is 0 Å². The molecule has 0 aliphatic carbocycles. The highest BCUT2D eigenvalue weighted by Crippen LogP contribution is 2.11. The normalized spacial score (nSPS) is 10.6. The molecule has 0 bridgehead atoms. The molecule has 1 rings (SSSR count). The molecule has 7 nitrogen and oxygen atoms in total. The molecule has 0 aliphatic rings. The number of carbonyl (C=O) groups is 2. The fourth-order valence-corrected chi connectivity index (χ4v) is 1.07. The Morgan fingerprint density at radius 1 is 1.39 bits per heavy atom. The van der Waals surface area contributed by atoms with Crippen LogP contribution in [0.25, 0.3) is 0 Å². The molecule has 98 valence electrons. The molecule has 0 unspecified atom stereocenters. The zero-order valence-corrected chi connectivity index (χ0v) is 10.4. The molecule has 3 N–H and O–H groups in total. The first-order valence-electron chi connectivity index (χ1n) is 5.18. The van der Waals surface area contributed by atoms with E-state index in [-0.39, 0.29) is 0 Å². The van der Waals surface area contributed by atoms with E-state index in [0.717, 1.165) is 0 Å². The molecule has 2 amide bonds. The van der Waals surface area contributed by atoms with Crippen molar-refractivity contribution >= 4 is 17.7 Å². The van der Waals surface area contributed by atoms with E-state index in [0.29, 0.717) is 11.6 Å². The van der Waals surface area contributed by atoms with E-state index in [4.69, 9.17) is 9.84 Å². The number of urea groups is 1. The predicted octanol–water partition coefficient (Wildman–Crippen LogP) is 1.07. The van der Waals surface area contributed by atoms with Gasteiger partial charge >= 0.3 is 12.0 Å². The number of carbonyl (C=O) groups excluding carboxylic acids is 1. The maximum atomic E-state index is 11.5. The summed E-state index contributed by atoms with van der Waals surface area (Å²) >= 11 is 0. The first-order chi connectivity index (χ1) is 8.35. The zero-order chi connectivity index (χ0) is 13.8. The average Bonchev–Trinajstić information content (AvgIpc) is 2.29. The van der Waals surface area contributed by atoms with E-state index in [1.54, 1.807) is 12.1 Å². The Hall–Kier alpha value is -2.31. The van der Waals surface area contributed by atoms with Gasteiger partial charge in [-0.15, -0.1) is 0 Å². The molecule has 0 aromatic carbocycles. The topological polar surface area (TPSA) is 101 Å². The van der Waals surface area contributed by atoms with Crippen molar-refractivity contribution in [1.29, 1.82) is 0 Å². The lowest BCUT2D eigenvalue weighted by atomic mass is 10.1. The molecular weight excluding hydrogens is 238 g/mol. The number of hydrogen-bond donors (Lipinski definition) is 3. The Morgan fingerprint density at radius 2 is 2.06 bits per heavy atom. The molecular formula is C11H15N3O4. The number of amides is 2. The molecule has 1 heterocycles. The smallest absolute Gasteiger partial charge is 0.328 e. The van der Waals surface area contributed by atoms with E-state index >= 15 is 0 Å². The number of pyridine rings is 1. The Kier molecular flexibility index (Phi) is 4.09. The van der Waals surface area contributed by atoms with Crippen molar-refractivity contribution in [3.05, 3.63) is 18.3 Å². The van der Waals surface area contributed by atoms with Gasteiger partial charge in [0.25, 0.3) is 0 Å². The van der Waals surface area contributed by atoms with Crippen LogP contribution in [0.5, 0.6) is 5.88 Å². The van der Waals surface area contributed by atoms with Crippen LogP contribution in [0.1, 0.15) is 13.8 Å². The number of ether oxygens (including phenoxy) is 1. The summed E-state index contributed by atoms with van der Waals surface area (Å²) in [5.41, 5.74) is -0.904. The second kappa shape index (κ2) is 5.35. The highest BCUT2D eigenvalue weighted by atomic mass is 16.5. The third kappa shape index (κ3) is 3.62. The summed E-state index contributed by atoms with van der Waals surface area (Å²) in [4.78, 5) is 26.3. The number of carboxylic acids is 1. The average molecular weight is 253 g/mol. The van der Waals surface area contributed by atoms with Gasteiger partial charge in [0, 0.05) is 6.07 Å². The Labute approximate surface area is 104 Å². The number of anilines is 1. The minimum Gasteiger partial charge on any atom is -0.481 e. The maximum absolute atomic E-state index is 11.5. The number of carboxylic acid groups (broad SMARTS) is 1. The lowest BCUT2D eigenvalue weighted by Crippen LogP contribution is -2.51. The summed E-state index contributed by atoms with van der Waals surface area (Å²) < 4.78 is 4.87. The highest BCUT2D eigenvalue weighted by molar-refractivity contribution is 5.93. The van der Waals surface area contributed by atoms with Gasteiger partial charge in [-0.2, -0.15) is 0 Å². The van der Waals surface area contributed by atoms with Crippen molar-refractivity contribution in [3.8, 4) is 5.88 Å². The van der Waals surface area contributed by atoms with Crippen molar-refractivity contribution < 1.29 is 19.4 Å². The lowest BCUT2D eigenvalue weighted by molar-refractivity contribution is -0.142. The summed E-state index contributed by atoms with van der Waals surface area (Å²) in [5.74, 6) is -0.697. The van der Waals surface area contributed by atoms with E-state index in [1.807, 2.05) is 0 Å². The van der Waals surface area contributed by atoms with E-state index in [2.05, 4.69) is 15.6 Å². The van der Waals surface area contributed by atoms with Crippen LogP contribution >= 0.6 is 0 Å². The molecule has 0 saturated carbocycles. The van der Waals surface area contributed by atoms with Gasteiger partial charge in [0.1, 0.15) is 5.54 Å². The van der Waals surface area contributed by atoms with Crippen molar-refractivity contribution in [3.63, 3.8) is 0 Å². The Balaban J connectivity index is 2.62. The first kappa shape index (κ1) is 13.8. The summed E-state index contributed by atoms with van der Waals surface area (Å²) in [7, 11) is 1.48. The maximum Gasteiger partial charge on any atom is 0.328 e. The zero-order valence-electron chi connectivity index (χ0n) is 10.4. The highest BCUT2D eigenvalue weighted by Gasteiger charge is 2.28. The Bertz CT molecular complexity index is 442. The Morgan fingerprint density at radius 3 is 2.50 bits per heavy atom. The molecule has 0 radical (unpaired) electrons. The van der Waals surface area contributed by atoms with Crippen molar-refractivity contribution in [1.82, 2.24) is 10.3 Å². The largest absolute Gasteiger partial charge is 0.481 e. The molecule has 0 fully saturated rings. The van der Waals surface area contributed by atoms with Crippen LogP contribution < -0.4 is 15.4 Å². The summed E-state index contributed by atoms with van der Waals surface area (Å²) in [5, 5.41) is 13.7. The van der Waals surface area contributed by atoms with Crippen LogP contribution in [-0.2, 0) is 4.79 Å². The van der Waals surface area contributed by atoms with Gasteiger partial charge in [-0.05, 0) is 19.9 Å². The minimum atomic E-state index is -1.34. The van der Waals surface area contributed by atoms with Gasteiger partial charge in [0.05, 0.1) is 19.0 Å². The third-order valence-corrected chi connectivity index (χ3v) is 2.16. The number of aromatic nitrogens is 1. The fourth-order valence-electron chi connectivity index (χ4n) is 1.07. The molecule has 1 aromatic heterocycles. The molecule has 1 aromatic rings. The summed E-state index contributed by atoms with van der Waals surface area (Å²) in [6.07, 6.45) is 1.41. The van der Waals surface area contributed by atoms with Crippen molar-refractivity contribution in [2.24, 2.45) is 0 Å². The van der Waals surface area contributed by atoms with Crippen LogP contribution in [-0.4, -0.2) is 34.7 Å². The molecule has 7 heteroatoms.